The quantitative estimate of drug-likeness (QED) is 0.782. The summed E-state index contributed by atoms with van der Waals surface area (Å²) >= 11 is 3.23. The lowest BCUT2D eigenvalue weighted by atomic mass is 10.1. The average molecular weight is 377 g/mol. The zero-order valence-electron chi connectivity index (χ0n) is 11.9. The summed E-state index contributed by atoms with van der Waals surface area (Å²) in [6.45, 7) is -0.479. The number of nitrogens with one attached hydrogen (secondary N) is 1. The van der Waals surface area contributed by atoms with Gasteiger partial charge in [0.05, 0.1) is 16.8 Å². The number of hydrogen-bond donors (Lipinski definition) is 2. The highest BCUT2D eigenvalue weighted by Gasteiger charge is 2.14. The molecule has 0 aliphatic carbocycles. The van der Waals surface area contributed by atoms with E-state index in [-0.39, 0.29) is 11.3 Å². The third-order valence-corrected chi connectivity index (χ3v) is 3.59. The Balaban J connectivity index is 1.97. The monoisotopic (exact) mass is 376 g/mol. The van der Waals surface area contributed by atoms with Crippen molar-refractivity contribution in [3.63, 3.8) is 0 Å². The largest absolute Gasteiger partial charge is 0.452 e. The number of amides is 2. The predicted octanol–water partition coefficient (Wildman–Crippen LogP) is 2.34. The van der Waals surface area contributed by atoms with E-state index in [1.165, 1.54) is 12.1 Å². The van der Waals surface area contributed by atoms with E-state index >= 15 is 0 Å². The number of esters is 1. The Bertz CT molecular complexity index is 761. The first-order valence-electron chi connectivity index (χ1n) is 6.59. The highest BCUT2D eigenvalue weighted by molar-refractivity contribution is 9.10. The normalized spacial score (nSPS) is 9.96. The van der Waals surface area contributed by atoms with Crippen molar-refractivity contribution in [3.05, 3.63) is 64.1 Å². The van der Waals surface area contributed by atoms with Crippen LogP contribution in [0.1, 0.15) is 20.7 Å². The van der Waals surface area contributed by atoms with E-state index in [1.54, 1.807) is 36.4 Å². The molecular weight excluding hydrogens is 364 g/mol. The van der Waals surface area contributed by atoms with Crippen LogP contribution in [-0.2, 0) is 9.53 Å². The van der Waals surface area contributed by atoms with Crippen LogP contribution in [-0.4, -0.2) is 24.4 Å². The maximum atomic E-state index is 11.9. The van der Waals surface area contributed by atoms with E-state index in [2.05, 4.69) is 21.2 Å². The molecule has 0 radical (unpaired) electrons. The van der Waals surface area contributed by atoms with Crippen LogP contribution in [0.5, 0.6) is 0 Å². The number of anilines is 1. The van der Waals surface area contributed by atoms with Crippen molar-refractivity contribution in [2.75, 3.05) is 11.9 Å². The molecule has 23 heavy (non-hydrogen) atoms. The van der Waals surface area contributed by atoms with Crippen molar-refractivity contribution in [1.82, 2.24) is 0 Å². The fourth-order valence-corrected chi connectivity index (χ4v) is 2.28. The number of rotatable bonds is 5. The van der Waals surface area contributed by atoms with Crippen molar-refractivity contribution in [2.45, 2.75) is 0 Å². The molecule has 3 N–H and O–H groups in total. The molecule has 0 aromatic heterocycles. The predicted molar refractivity (Wildman–Crippen MR) is 88.0 cm³/mol. The number of nitrogens with two attached hydrogens (primary N) is 1. The Morgan fingerprint density at radius 3 is 2.26 bits per heavy atom. The van der Waals surface area contributed by atoms with Gasteiger partial charge in [-0.1, -0.05) is 24.3 Å². The second kappa shape index (κ2) is 7.55. The van der Waals surface area contributed by atoms with Gasteiger partial charge in [-0.05, 0) is 40.2 Å². The summed E-state index contributed by atoms with van der Waals surface area (Å²) in [5, 5.41) is 2.48. The van der Waals surface area contributed by atoms with E-state index in [0.717, 1.165) is 0 Å². The zero-order valence-corrected chi connectivity index (χ0v) is 13.5. The van der Waals surface area contributed by atoms with Crippen LogP contribution in [0.25, 0.3) is 0 Å². The van der Waals surface area contributed by atoms with E-state index in [4.69, 9.17) is 10.5 Å². The fourth-order valence-electron chi connectivity index (χ4n) is 1.83. The molecule has 0 saturated carbocycles. The van der Waals surface area contributed by atoms with Gasteiger partial charge in [0.25, 0.3) is 11.8 Å². The minimum atomic E-state index is -0.661. The number of carbonyl (C=O) groups excluding carboxylic acids is 3. The molecular formula is C16H13BrN2O4. The number of primary amides is 1. The third kappa shape index (κ3) is 4.40. The zero-order chi connectivity index (χ0) is 16.8. The molecule has 118 valence electrons. The van der Waals surface area contributed by atoms with Gasteiger partial charge >= 0.3 is 5.97 Å². The second-order valence-corrected chi connectivity index (χ2v) is 5.37. The van der Waals surface area contributed by atoms with Crippen LogP contribution >= 0.6 is 15.9 Å². The molecule has 2 rings (SSSR count). The van der Waals surface area contributed by atoms with Crippen LogP contribution in [0, 0.1) is 0 Å². The van der Waals surface area contributed by atoms with Crippen molar-refractivity contribution in [3.8, 4) is 0 Å². The van der Waals surface area contributed by atoms with Crippen molar-refractivity contribution >= 4 is 39.4 Å². The average Bonchev–Trinajstić information content (AvgIpc) is 2.53. The summed E-state index contributed by atoms with van der Waals surface area (Å²) in [5.41, 5.74) is 5.99. The maximum absolute atomic E-state index is 11.9. The summed E-state index contributed by atoms with van der Waals surface area (Å²) < 4.78 is 5.52. The van der Waals surface area contributed by atoms with Gasteiger partial charge in [0.1, 0.15) is 0 Å². The standard InChI is InChI=1S/C16H13BrN2O4/c17-12-7-3-1-5-10(12)16(22)23-9-14(20)19-13-8-4-2-6-11(13)15(18)21/h1-8H,9H2,(H2,18,21)(H,19,20). The molecule has 6 nitrogen and oxygen atoms in total. The van der Waals surface area contributed by atoms with Gasteiger partial charge in [-0.2, -0.15) is 0 Å². The van der Waals surface area contributed by atoms with Crippen LogP contribution in [0.4, 0.5) is 5.69 Å². The fraction of sp³-hybridized carbons (Fsp3) is 0.0625. The van der Waals surface area contributed by atoms with E-state index in [1.807, 2.05) is 0 Å². The minimum Gasteiger partial charge on any atom is -0.452 e. The van der Waals surface area contributed by atoms with Gasteiger partial charge in [0, 0.05) is 4.47 Å². The molecule has 0 aliphatic rings. The molecule has 0 unspecified atom stereocenters. The first-order chi connectivity index (χ1) is 11.0. The Hall–Kier alpha value is -2.67. The summed E-state index contributed by atoms with van der Waals surface area (Å²) in [6, 6.07) is 13.0. The molecule has 2 aromatic carbocycles. The van der Waals surface area contributed by atoms with E-state index < -0.39 is 24.4 Å². The lowest BCUT2D eigenvalue weighted by molar-refractivity contribution is -0.119. The first kappa shape index (κ1) is 16.7. The SMILES string of the molecule is NC(=O)c1ccccc1NC(=O)COC(=O)c1ccccc1Br. The number of ether oxygens (including phenoxy) is 1. The highest BCUT2D eigenvalue weighted by Crippen LogP contribution is 2.17. The molecule has 0 bridgehead atoms. The Labute approximate surface area is 140 Å². The minimum absolute atomic E-state index is 0.179. The van der Waals surface area contributed by atoms with Crippen LogP contribution in [0.3, 0.4) is 0 Å². The Kier molecular flexibility index (Phi) is 5.48. The van der Waals surface area contributed by atoms with Gasteiger partial charge in [0.15, 0.2) is 6.61 Å². The van der Waals surface area contributed by atoms with Crippen molar-refractivity contribution in [2.24, 2.45) is 5.73 Å². The summed E-state index contributed by atoms with van der Waals surface area (Å²) in [6.07, 6.45) is 0. The van der Waals surface area contributed by atoms with Crippen molar-refractivity contribution < 1.29 is 19.1 Å². The number of carbonyl (C=O) groups is 3. The molecule has 7 heteroatoms. The topological polar surface area (TPSA) is 98.5 Å². The molecule has 0 spiro atoms. The maximum Gasteiger partial charge on any atom is 0.339 e. The van der Waals surface area contributed by atoms with Gasteiger partial charge in [-0.3, -0.25) is 9.59 Å². The third-order valence-electron chi connectivity index (χ3n) is 2.89. The molecule has 0 heterocycles. The van der Waals surface area contributed by atoms with Crippen LogP contribution in [0.15, 0.2) is 53.0 Å². The van der Waals surface area contributed by atoms with Gasteiger partial charge in [0.2, 0.25) is 0 Å². The summed E-state index contributed by atoms with van der Waals surface area (Å²) in [4.78, 5) is 35.0. The smallest absolute Gasteiger partial charge is 0.339 e. The van der Waals surface area contributed by atoms with Gasteiger partial charge < -0.3 is 15.8 Å². The number of halogens is 1. The van der Waals surface area contributed by atoms with Crippen LogP contribution in [0.2, 0.25) is 0 Å². The molecule has 0 atom stereocenters. The molecule has 0 aliphatic heterocycles. The lowest BCUT2D eigenvalue weighted by Crippen LogP contribution is -2.23. The van der Waals surface area contributed by atoms with Gasteiger partial charge in [-0.15, -0.1) is 0 Å². The first-order valence-corrected chi connectivity index (χ1v) is 7.38. The number of benzene rings is 2. The second-order valence-electron chi connectivity index (χ2n) is 4.51. The van der Waals surface area contributed by atoms with Crippen molar-refractivity contribution in [1.29, 1.82) is 0 Å². The number of para-hydroxylation sites is 1. The number of hydrogen-bond acceptors (Lipinski definition) is 4. The summed E-state index contributed by atoms with van der Waals surface area (Å²) in [5.74, 6) is -1.86. The van der Waals surface area contributed by atoms with Crippen LogP contribution < -0.4 is 11.1 Å². The Morgan fingerprint density at radius 2 is 1.61 bits per heavy atom. The molecule has 0 fully saturated rings. The highest BCUT2D eigenvalue weighted by atomic mass is 79.9. The molecule has 2 amide bonds. The molecule has 0 saturated heterocycles. The molecule has 2 aromatic rings. The lowest BCUT2D eigenvalue weighted by Gasteiger charge is -2.09. The van der Waals surface area contributed by atoms with E-state index in [0.29, 0.717) is 10.0 Å². The summed E-state index contributed by atoms with van der Waals surface area (Å²) in [7, 11) is 0. The van der Waals surface area contributed by atoms with E-state index in [9.17, 15) is 14.4 Å². The Morgan fingerprint density at radius 1 is 1.00 bits per heavy atom. The van der Waals surface area contributed by atoms with Gasteiger partial charge in [-0.25, -0.2) is 4.79 Å².